The van der Waals surface area contributed by atoms with Gasteiger partial charge in [-0.3, -0.25) is 0 Å². The lowest BCUT2D eigenvalue weighted by Gasteiger charge is -2.10. The van der Waals surface area contributed by atoms with E-state index in [2.05, 4.69) is 38.1 Å². The van der Waals surface area contributed by atoms with Crippen LogP contribution in [0, 0.1) is 5.92 Å². The number of fused-ring (bicyclic) bond motifs is 1. The molecule has 0 radical (unpaired) electrons. The molecule has 164 valence electrons. The molecule has 0 saturated carbocycles. The second kappa shape index (κ2) is 16.2. The van der Waals surface area contributed by atoms with Crippen LogP contribution in [0.1, 0.15) is 110 Å². The van der Waals surface area contributed by atoms with Crippen LogP contribution in [0.5, 0.6) is 0 Å². The van der Waals surface area contributed by atoms with E-state index in [4.69, 9.17) is 4.98 Å². The van der Waals surface area contributed by atoms with Crippen molar-refractivity contribution < 1.29 is 0 Å². The predicted molar refractivity (Wildman–Crippen MR) is 134 cm³/mol. The van der Waals surface area contributed by atoms with E-state index in [1.54, 1.807) is 0 Å². The monoisotopic (exact) mass is 433 g/mol. The van der Waals surface area contributed by atoms with Crippen molar-refractivity contribution in [1.82, 2.24) is 4.98 Å². The summed E-state index contributed by atoms with van der Waals surface area (Å²) in [6.45, 7) is 4.73. The molecule has 1 nitrogen and oxygen atoms in total. The van der Waals surface area contributed by atoms with Gasteiger partial charge in [-0.1, -0.05) is 128 Å². The number of thioether (sulfide) groups is 1. The standard InChI is InChI=1S/C26H43NS2/c1-3-4-5-6-7-8-9-10-11-12-13-14-15-18-23(2)21-22-28-26-27-24-19-16-17-20-25(24)29-26/h16-17,19-20,23H,3-15,18,21-22H2,1-2H3. The third-order valence-electron chi connectivity index (χ3n) is 5.91. The van der Waals surface area contributed by atoms with Crippen molar-refractivity contribution >= 4 is 33.3 Å². The lowest BCUT2D eigenvalue weighted by Crippen LogP contribution is -1.96. The fourth-order valence-electron chi connectivity index (χ4n) is 3.92. The maximum atomic E-state index is 4.73. The Morgan fingerprint density at radius 3 is 2.00 bits per heavy atom. The summed E-state index contributed by atoms with van der Waals surface area (Å²) in [6.07, 6.45) is 21.5. The highest BCUT2D eigenvalue weighted by Crippen LogP contribution is 2.30. The first-order valence-electron chi connectivity index (χ1n) is 12.3. The number of benzene rings is 1. The quantitative estimate of drug-likeness (QED) is 0.171. The van der Waals surface area contributed by atoms with E-state index >= 15 is 0 Å². The molecule has 2 rings (SSSR count). The van der Waals surface area contributed by atoms with Gasteiger partial charge in [0.15, 0.2) is 4.34 Å². The molecule has 0 amide bonds. The first-order valence-corrected chi connectivity index (χ1v) is 14.1. The predicted octanol–water partition coefficient (Wildman–Crippen LogP) is 9.90. The summed E-state index contributed by atoms with van der Waals surface area (Å²) in [4.78, 5) is 4.73. The molecule has 0 aliphatic rings. The molecule has 0 spiro atoms. The Hall–Kier alpha value is -0.540. The largest absolute Gasteiger partial charge is 0.230 e. The smallest absolute Gasteiger partial charge is 0.151 e. The van der Waals surface area contributed by atoms with Crippen LogP contribution in [0.3, 0.4) is 0 Å². The summed E-state index contributed by atoms with van der Waals surface area (Å²) in [5, 5.41) is 0. The maximum Gasteiger partial charge on any atom is 0.151 e. The molecule has 0 fully saturated rings. The maximum absolute atomic E-state index is 4.73. The van der Waals surface area contributed by atoms with Crippen LogP contribution in [0.15, 0.2) is 28.6 Å². The Morgan fingerprint density at radius 2 is 1.38 bits per heavy atom. The van der Waals surface area contributed by atoms with Crippen LogP contribution >= 0.6 is 23.1 Å². The first kappa shape index (κ1) is 24.7. The fourth-order valence-corrected chi connectivity index (χ4v) is 6.22. The minimum absolute atomic E-state index is 0.851. The van der Waals surface area contributed by atoms with Gasteiger partial charge in [-0.05, 0) is 24.5 Å². The number of hydrogen-bond donors (Lipinski definition) is 0. The van der Waals surface area contributed by atoms with E-state index in [9.17, 15) is 0 Å². The molecule has 1 atom stereocenters. The van der Waals surface area contributed by atoms with Crippen LogP contribution in [-0.2, 0) is 0 Å². The number of rotatable bonds is 18. The Kier molecular flexibility index (Phi) is 13.8. The van der Waals surface area contributed by atoms with Crippen molar-refractivity contribution in [1.29, 1.82) is 0 Å². The van der Waals surface area contributed by atoms with Gasteiger partial charge in [0.1, 0.15) is 0 Å². The number of unbranched alkanes of at least 4 members (excludes halogenated alkanes) is 12. The molecule has 2 aromatic rings. The average molecular weight is 434 g/mol. The number of thiazole rings is 1. The van der Waals surface area contributed by atoms with Gasteiger partial charge in [-0.15, -0.1) is 11.3 Å². The topological polar surface area (TPSA) is 12.9 Å². The Labute approximate surface area is 188 Å². The summed E-state index contributed by atoms with van der Waals surface area (Å²) >= 11 is 3.78. The van der Waals surface area contributed by atoms with Gasteiger partial charge in [0.2, 0.25) is 0 Å². The molecule has 29 heavy (non-hydrogen) atoms. The zero-order valence-corrected chi connectivity index (χ0v) is 20.6. The highest BCUT2D eigenvalue weighted by atomic mass is 32.2. The van der Waals surface area contributed by atoms with Gasteiger partial charge in [0, 0.05) is 5.75 Å². The summed E-state index contributed by atoms with van der Waals surface area (Å²) < 4.78 is 2.55. The van der Waals surface area contributed by atoms with Crippen molar-refractivity contribution in [2.75, 3.05) is 5.75 Å². The van der Waals surface area contributed by atoms with Crippen molar-refractivity contribution in [3.63, 3.8) is 0 Å². The molecule has 0 aliphatic heterocycles. The number of aromatic nitrogens is 1. The molecule has 0 bridgehead atoms. The molecule has 0 N–H and O–H groups in total. The minimum atomic E-state index is 0.851. The molecule has 1 heterocycles. The molecule has 1 aromatic heterocycles. The van der Waals surface area contributed by atoms with Gasteiger partial charge in [0.05, 0.1) is 10.2 Å². The van der Waals surface area contributed by atoms with E-state index < -0.39 is 0 Å². The zero-order chi connectivity index (χ0) is 20.6. The zero-order valence-electron chi connectivity index (χ0n) is 19.0. The normalized spacial score (nSPS) is 12.6. The second-order valence-corrected chi connectivity index (χ2v) is 11.1. The van der Waals surface area contributed by atoms with Crippen molar-refractivity contribution in [2.24, 2.45) is 5.92 Å². The molecule has 1 unspecified atom stereocenters. The van der Waals surface area contributed by atoms with E-state index in [-0.39, 0.29) is 0 Å². The Balaban J connectivity index is 1.36. The Bertz CT molecular complexity index is 603. The van der Waals surface area contributed by atoms with Crippen LogP contribution in [0.4, 0.5) is 0 Å². The van der Waals surface area contributed by atoms with Gasteiger partial charge in [-0.25, -0.2) is 4.98 Å². The van der Waals surface area contributed by atoms with Gasteiger partial charge in [0.25, 0.3) is 0 Å². The molecule has 0 aliphatic carbocycles. The summed E-state index contributed by atoms with van der Waals surface area (Å²) in [6, 6.07) is 8.47. The Morgan fingerprint density at radius 1 is 0.793 bits per heavy atom. The van der Waals surface area contributed by atoms with E-state index in [0.29, 0.717) is 0 Å². The first-order chi connectivity index (χ1) is 14.3. The fraction of sp³-hybridized carbons (Fsp3) is 0.731. The summed E-state index contributed by atoms with van der Waals surface area (Å²) in [5.41, 5.74) is 1.15. The lowest BCUT2D eigenvalue weighted by atomic mass is 9.99. The SMILES string of the molecule is CCCCCCCCCCCCCCCC(C)CCSc1nc2ccccc2s1. The van der Waals surface area contributed by atoms with E-state index in [0.717, 1.165) is 11.4 Å². The van der Waals surface area contributed by atoms with Crippen LogP contribution in [-0.4, -0.2) is 10.7 Å². The number of para-hydroxylation sites is 1. The second-order valence-electron chi connectivity index (χ2n) is 8.72. The molecular weight excluding hydrogens is 390 g/mol. The average Bonchev–Trinajstić information content (AvgIpc) is 3.14. The number of hydrogen-bond acceptors (Lipinski definition) is 3. The minimum Gasteiger partial charge on any atom is -0.230 e. The molecule has 0 saturated heterocycles. The van der Waals surface area contributed by atoms with Crippen LogP contribution in [0.2, 0.25) is 0 Å². The third kappa shape index (κ3) is 11.4. The van der Waals surface area contributed by atoms with Crippen molar-refractivity contribution in [3.8, 4) is 0 Å². The van der Waals surface area contributed by atoms with Crippen LogP contribution in [0.25, 0.3) is 10.2 Å². The molecule has 3 heteroatoms. The van der Waals surface area contributed by atoms with Crippen molar-refractivity contribution in [3.05, 3.63) is 24.3 Å². The van der Waals surface area contributed by atoms with Gasteiger partial charge in [-0.2, -0.15) is 0 Å². The number of nitrogens with zero attached hydrogens (tertiary/aromatic N) is 1. The molecular formula is C26H43NS2. The summed E-state index contributed by atoms with van der Waals surface area (Å²) in [5.74, 6) is 2.06. The van der Waals surface area contributed by atoms with Crippen LogP contribution < -0.4 is 0 Å². The highest BCUT2D eigenvalue weighted by molar-refractivity contribution is 8.01. The van der Waals surface area contributed by atoms with E-state index in [1.165, 1.54) is 111 Å². The van der Waals surface area contributed by atoms with Gasteiger partial charge < -0.3 is 0 Å². The van der Waals surface area contributed by atoms with E-state index in [1.807, 2.05) is 23.1 Å². The summed E-state index contributed by atoms with van der Waals surface area (Å²) in [7, 11) is 0. The van der Waals surface area contributed by atoms with Crippen molar-refractivity contribution in [2.45, 2.75) is 114 Å². The third-order valence-corrected chi connectivity index (χ3v) is 8.12. The molecule has 1 aromatic carbocycles. The van der Waals surface area contributed by atoms with Gasteiger partial charge >= 0.3 is 0 Å². The lowest BCUT2D eigenvalue weighted by molar-refractivity contribution is 0.471. The highest BCUT2D eigenvalue weighted by Gasteiger charge is 2.06.